The maximum absolute atomic E-state index is 13.5. The first-order valence-corrected chi connectivity index (χ1v) is 12.1. The average molecular weight is 486 g/mol. The number of benzene rings is 3. The summed E-state index contributed by atoms with van der Waals surface area (Å²) in [7, 11) is 3.91. The molecule has 0 fully saturated rings. The molecule has 0 aliphatic rings. The molecular formula is C29H31N3O4. The third-order valence-corrected chi connectivity index (χ3v) is 6.16. The van der Waals surface area contributed by atoms with E-state index in [1.807, 2.05) is 61.5 Å². The predicted octanol–water partition coefficient (Wildman–Crippen LogP) is 5.13. The lowest BCUT2D eigenvalue weighted by Gasteiger charge is -2.16. The maximum Gasteiger partial charge on any atom is 0.335 e. The van der Waals surface area contributed by atoms with Gasteiger partial charge in [0.25, 0.3) is 5.56 Å². The predicted molar refractivity (Wildman–Crippen MR) is 142 cm³/mol. The monoisotopic (exact) mass is 485 g/mol. The fourth-order valence-corrected chi connectivity index (χ4v) is 4.01. The smallest absolute Gasteiger partial charge is 0.335 e. The number of hydrogen-bond acceptors (Lipinski definition) is 5. The molecule has 0 atom stereocenters. The Bertz CT molecular complexity index is 1410. The second-order valence-corrected chi connectivity index (χ2v) is 9.05. The molecule has 3 aromatic carbocycles. The Morgan fingerprint density at radius 1 is 1.00 bits per heavy atom. The molecule has 1 N–H and O–H groups in total. The van der Waals surface area contributed by atoms with Crippen molar-refractivity contribution in [3.63, 3.8) is 0 Å². The molecule has 0 unspecified atom stereocenters. The fourth-order valence-electron chi connectivity index (χ4n) is 4.01. The van der Waals surface area contributed by atoms with Crippen LogP contribution >= 0.6 is 0 Å². The molecule has 4 aromatic rings. The molecular weight excluding hydrogens is 454 g/mol. The Labute approximate surface area is 210 Å². The van der Waals surface area contributed by atoms with Gasteiger partial charge in [-0.15, -0.1) is 0 Å². The number of fused-ring (bicyclic) bond motifs is 1. The van der Waals surface area contributed by atoms with E-state index in [0.717, 1.165) is 47.4 Å². The van der Waals surface area contributed by atoms with Gasteiger partial charge in [0.1, 0.15) is 18.2 Å². The van der Waals surface area contributed by atoms with Crippen LogP contribution in [-0.2, 0) is 19.6 Å². The number of aryl methyl sites for hydroxylation is 1. The number of aromatic nitrogens is 2. The van der Waals surface area contributed by atoms with Crippen molar-refractivity contribution in [2.45, 2.75) is 39.3 Å². The summed E-state index contributed by atoms with van der Waals surface area (Å²) < 4.78 is 7.65. The number of rotatable bonds is 10. The molecule has 0 saturated carbocycles. The van der Waals surface area contributed by atoms with E-state index in [4.69, 9.17) is 14.8 Å². The van der Waals surface area contributed by atoms with Gasteiger partial charge in [0, 0.05) is 26.2 Å². The summed E-state index contributed by atoms with van der Waals surface area (Å²) in [5, 5.41) is 9.64. The largest absolute Gasteiger partial charge is 0.489 e. The number of nitrogens with zero attached hydrogens (tertiary/aromatic N) is 3. The first-order valence-electron chi connectivity index (χ1n) is 12.1. The number of carbonyl (C=O) groups is 1. The van der Waals surface area contributed by atoms with Gasteiger partial charge in [-0.3, -0.25) is 9.36 Å². The van der Waals surface area contributed by atoms with Crippen molar-refractivity contribution in [3.8, 4) is 5.75 Å². The van der Waals surface area contributed by atoms with E-state index in [-0.39, 0.29) is 11.1 Å². The van der Waals surface area contributed by atoms with Crippen molar-refractivity contribution in [2.24, 2.45) is 0 Å². The molecule has 36 heavy (non-hydrogen) atoms. The highest BCUT2D eigenvalue weighted by molar-refractivity contribution is 5.87. The maximum atomic E-state index is 13.5. The molecule has 0 bridgehead atoms. The average Bonchev–Trinajstić information content (AvgIpc) is 2.88. The Kier molecular flexibility index (Phi) is 7.68. The lowest BCUT2D eigenvalue weighted by Crippen LogP contribution is -2.26. The van der Waals surface area contributed by atoms with Crippen molar-refractivity contribution in [3.05, 3.63) is 99.6 Å². The summed E-state index contributed by atoms with van der Waals surface area (Å²) in [6.45, 7) is 2.90. The van der Waals surface area contributed by atoms with Crippen LogP contribution in [0.2, 0.25) is 0 Å². The summed E-state index contributed by atoms with van der Waals surface area (Å²) in [5.41, 5.74) is 3.78. The third-order valence-electron chi connectivity index (χ3n) is 6.16. The molecule has 1 aromatic heterocycles. The molecule has 7 nitrogen and oxygen atoms in total. The van der Waals surface area contributed by atoms with Crippen LogP contribution in [0.1, 0.15) is 47.1 Å². The highest BCUT2D eigenvalue weighted by atomic mass is 16.5. The molecule has 0 aliphatic carbocycles. The zero-order valence-corrected chi connectivity index (χ0v) is 20.9. The van der Waals surface area contributed by atoms with Crippen molar-refractivity contribution in [1.29, 1.82) is 0 Å². The van der Waals surface area contributed by atoms with E-state index < -0.39 is 5.97 Å². The quantitative estimate of drug-likeness (QED) is 0.335. The molecule has 186 valence electrons. The van der Waals surface area contributed by atoms with Crippen LogP contribution in [0.15, 0.2) is 71.5 Å². The number of unbranched alkanes of at least 4 members (excludes halogenated alkanes) is 1. The van der Waals surface area contributed by atoms with Crippen molar-refractivity contribution in [1.82, 2.24) is 9.55 Å². The van der Waals surface area contributed by atoms with Crippen LogP contribution in [0.25, 0.3) is 10.9 Å². The van der Waals surface area contributed by atoms with Crippen LogP contribution in [0.3, 0.4) is 0 Å². The summed E-state index contributed by atoms with van der Waals surface area (Å²) >= 11 is 0. The normalized spacial score (nSPS) is 11.0. The van der Waals surface area contributed by atoms with E-state index in [9.17, 15) is 9.59 Å². The number of aromatic carboxylic acids is 1. The lowest BCUT2D eigenvalue weighted by atomic mass is 10.1. The lowest BCUT2D eigenvalue weighted by molar-refractivity contribution is 0.0697. The molecule has 4 rings (SSSR count). The van der Waals surface area contributed by atoms with Gasteiger partial charge < -0.3 is 14.7 Å². The minimum absolute atomic E-state index is 0.0278. The summed E-state index contributed by atoms with van der Waals surface area (Å²) in [4.78, 5) is 31.4. The Hall–Kier alpha value is -4.13. The van der Waals surface area contributed by atoms with Gasteiger partial charge in [-0.1, -0.05) is 37.6 Å². The second kappa shape index (κ2) is 11.1. The molecule has 0 saturated heterocycles. The Balaban J connectivity index is 1.54. The van der Waals surface area contributed by atoms with E-state index in [1.54, 1.807) is 28.8 Å². The van der Waals surface area contributed by atoms with Crippen LogP contribution in [0.5, 0.6) is 5.75 Å². The minimum Gasteiger partial charge on any atom is -0.489 e. The minimum atomic E-state index is -0.949. The first kappa shape index (κ1) is 25.0. The molecule has 1 heterocycles. The molecule has 0 aliphatic heterocycles. The number of ether oxygens (including phenoxy) is 1. The van der Waals surface area contributed by atoms with Crippen molar-refractivity contribution in [2.75, 3.05) is 19.0 Å². The zero-order chi connectivity index (χ0) is 25.7. The number of anilines is 1. The molecule has 7 heteroatoms. The Morgan fingerprint density at radius 3 is 2.33 bits per heavy atom. The van der Waals surface area contributed by atoms with E-state index >= 15 is 0 Å². The highest BCUT2D eigenvalue weighted by Crippen LogP contribution is 2.20. The van der Waals surface area contributed by atoms with Gasteiger partial charge in [0.05, 0.1) is 23.0 Å². The highest BCUT2D eigenvalue weighted by Gasteiger charge is 2.13. The summed E-state index contributed by atoms with van der Waals surface area (Å²) in [6.07, 6.45) is 2.74. The van der Waals surface area contributed by atoms with Crippen molar-refractivity contribution < 1.29 is 14.6 Å². The van der Waals surface area contributed by atoms with Crippen LogP contribution < -0.4 is 15.2 Å². The van der Waals surface area contributed by atoms with Gasteiger partial charge in [0.2, 0.25) is 0 Å². The molecule has 0 amide bonds. The summed E-state index contributed by atoms with van der Waals surface area (Å²) in [5.74, 6) is 0.554. The van der Waals surface area contributed by atoms with E-state index in [0.29, 0.717) is 24.3 Å². The van der Waals surface area contributed by atoms with Crippen LogP contribution in [0, 0.1) is 0 Å². The van der Waals surface area contributed by atoms with Gasteiger partial charge in [-0.2, -0.15) is 0 Å². The van der Waals surface area contributed by atoms with E-state index in [2.05, 4.69) is 6.92 Å². The second-order valence-electron chi connectivity index (χ2n) is 9.05. The SMILES string of the molecule is CCCCc1nc2ccc(N(C)C)cc2c(=O)n1Cc1ccc(OCc2ccc(C(=O)O)cc2)cc1. The zero-order valence-electron chi connectivity index (χ0n) is 20.9. The topological polar surface area (TPSA) is 84.7 Å². The standard InChI is InChI=1S/C29H31N3O4/c1-4-5-6-27-30-26-16-13-23(31(2)3)17-25(26)28(33)32(27)18-20-9-14-24(15-10-20)36-19-21-7-11-22(12-8-21)29(34)35/h7-17H,4-6,18-19H2,1-3H3,(H,34,35). The van der Waals surface area contributed by atoms with E-state index in [1.165, 1.54) is 0 Å². The summed E-state index contributed by atoms with van der Waals surface area (Å²) in [6, 6.07) is 20.1. The third kappa shape index (κ3) is 5.74. The number of carboxylic acids is 1. The van der Waals surface area contributed by atoms with Crippen LogP contribution in [-0.4, -0.2) is 34.7 Å². The van der Waals surface area contributed by atoms with Gasteiger partial charge in [0.15, 0.2) is 0 Å². The Morgan fingerprint density at radius 2 is 1.69 bits per heavy atom. The van der Waals surface area contributed by atoms with Gasteiger partial charge in [-0.25, -0.2) is 9.78 Å². The van der Waals surface area contributed by atoms with Gasteiger partial charge in [-0.05, 0) is 60.0 Å². The fraction of sp³-hybridized carbons (Fsp3) is 0.276. The first-order chi connectivity index (χ1) is 17.4. The molecule has 0 radical (unpaired) electrons. The van der Waals surface area contributed by atoms with Gasteiger partial charge >= 0.3 is 5.97 Å². The number of hydrogen-bond donors (Lipinski definition) is 1. The van der Waals surface area contributed by atoms with Crippen molar-refractivity contribution >= 4 is 22.6 Å². The molecule has 0 spiro atoms. The number of carboxylic acid groups (broad SMARTS) is 1. The van der Waals surface area contributed by atoms with Crippen LogP contribution in [0.4, 0.5) is 5.69 Å².